The fourth-order valence-electron chi connectivity index (χ4n) is 1.46. The lowest BCUT2D eigenvalue weighted by Gasteiger charge is -2.23. The number of carbonyl (C=O) groups excluding carboxylic acids is 1. The third-order valence-electron chi connectivity index (χ3n) is 2.19. The summed E-state index contributed by atoms with van der Waals surface area (Å²) < 4.78 is 5.14. The molecule has 1 amide bonds. The van der Waals surface area contributed by atoms with E-state index in [-0.39, 0.29) is 18.6 Å². The Morgan fingerprint density at radius 1 is 1.36 bits per heavy atom. The minimum absolute atomic E-state index is 0.0446. The first kappa shape index (κ1) is 9.02. The molecule has 1 fully saturated rings. The molecule has 1 aromatic carbocycles. The molecule has 1 aliphatic rings. The first-order valence-corrected chi connectivity index (χ1v) is 4.48. The van der Waals surface area contributed by atoms with Crippen LogP contribution in [0.15, 0.2) is 24.3 Å². The molecule has 74 valence electrons. The Bertz CT molecular complexity index is 334. The van der Waals surface area contributed by atoms with Crippen LogP contribution >= 0.6 is 0 Å². The van der Waals surface area contributed by atoms with Gasteiger partial charge in [0.05, 0.1) is 12.6 Å². The maximum atomic E-state index is 11.1. The first-order valence-electron chi connectivity index (χ1n) is 4.48. The summed E-state index contributed by atoms with van der Waals surface area (Å²) in [5.41, 5.74) is 7.30. The van der Waals surface area contributed by atoms with E-state index >= 15 is 0 Å². The van der Waals surface area contributed by atoms with Gasteiger partial charge in [0.15, 0.2) is 0 Å². The monoisotopic (exact) mass is 192 g/mol. The van der Waals surface area contributed by atoms with Crippen molar-refractivity contribution in [3.05, 3.63) is 29.8 Å². The predicted molar refractivity (Wildman–Crippen MR) is 52.6 cm³/mol. The van der Waals surface area contributed by atoms with Crippen LogP contribution in [0.1, 0.15) is 11.6 Å². The van der Waals surface area contributed by atoms with E-state index in [1.165, 1.54) is 0 Å². The Balaban J connectivity index is 2.14. The van der Waals surface area contributed by atoms with Gasteiger partial charge in [-0.05, 0) is 17.7 Å². The van der Waals surface area contributed by atoms with E-state index in [9.17, 15) is 4.79 Å². The van der Waals surface area contributed by atoms with Crippen LogP contribution in [0.2, 0.25) is 0 Å². The van der Waals surface area contributed by atoms with Gasteiger partial charge in [0.25, 0.3) is 0 Å². The number of benzene rings is 1. The number of hydrogen-bond acceptors (Lipinski definition) is 3. The highest BCUT2D eigenvalue weighted by Gasteiger charge is 2.19. The van der Waals surface area contributed by atoms with Crippen molar-refractivity contribution in [2.75, 3.05) is 18.9 Å². The number of amides is 1. The fourth-order valence-corrected chi connectivity index (χ4v) is 1.46. The molecule has 0 bridgehead atoms. The number of nitrogens with two attached hydrogens (primary N) is 1. The lowest BCUT2D eigenvalue weighted by Crippen LogP contribution is -2.39. The molecule has 0 saturated carbocycles. The molecular weight excluding hydrogens is 180 g/mol. The maximum absolute atomic E-state index is 11.1. The lowest BCUT2D eigenvalue weighted by molar-refractivity contribution is -0.131. The highest BCUT2D eigenvalue weighted by atomic mass is 16.5. The number of anilines is 1. The zero-order chi connectivity index (χ0) is 9.97. The minimum atomic E-state index is -0.0712. The molecule has 1 aliphatic heterocycles. The van der Waals surface area contributed by atoms with E-state index in [4.69, 9.17) is 10.5 Å². The summed E-state index contributed by atoms with van der Waals surface area (Å²) in [5, 5.41) is 2.85. The third kappa shape index (κ3) is 1.85. The SMILES string of the molecule is Nc1ccc([C@@H]2COCC(=O)N2)cc1. The Kier molecular flexibility index (Phi) is 2.37. The second kappa shape index (κ2) is 3.67. The molecule has 1 aromatic rings. The molecule has 0 spiro atoms. The van der Waals surface area contributed by atoms with E-state index in [0.717, 1.165) is 11.3 Å². The summed E-state index contributed by atoms with van der Waals surface area (Å²) in [7, 11) is 0. The standard InChI is InChI=1S/C10H12N2O2/c11-8-3-1-7(2-4-8)9-5-14-6-10(13)12-9/h1-4,9H,5-6,11H2,(H,12,13)/t9-/m0/s1. The van der Waals surface area contributed by atoms with Crippen LogP contribution in [-0.2, 0) is 9.53 Å². The second-order valence-electron chi connectivity index (χ2n) is 3.30. The van der Waals surface area contributed by atoms with Gasteiger partial charge in [-0.15, -0.1) is 0 Å². The smallest absolute Gasteiger partial charge is 0.246 e. The van der Waals surface area contributed by atoms with Crippen LogP contribution < -0.4 is 11.1 Å². The lowest BCUT2D eigenvalue weighted by atomic mass is 10.1. The highest BCUT2D eigenvalue weighted by molar-refractivity contribution is 5.78. The highest BCUT2D eigenvalue weighted by Crippen LogP contribution is 2.17. The summed E-state index contributed by atoms with van der Waals surface area (Å²) in [5.74, 6) is -0.0712. The van der Waals surface area contributed by atoms with Gasteiger partial charge in [-0.25, -0.2) is 0 Å². The minimum Gasteiger partial charge on any atom is -0.399 e. The van der Waals surface area contributed by atoms with Gasteiger partial charge in [-0.2, -0.15) is 0 Å². The normalized spacial score (nSPS) is 21.7. The number of nitrogens with one attached hydrogen (secondary N) is 1. The second-order valence-corrected chi connectivity index (χ2v) is 3.30. The molecular formula is C10H12N2O2. The number of carbonyl (C=O) groups is 1. The topological polar surface area (TPSA) is 64.3 Å². The van der Waals surface area contributed by atoms with E-state index in [1.54, 1.807) is 0 Å². The summed E-state index contributed by atoms with van der Waals surface area (Å²) in [6.07, 6.45) is 0. The number of hydrogen-bond donors (Lipinski definition) is 2. The van der Waals surface area contributed by atoms with E-state index in [0.29, 0.717) is 6.61 Å². The van der Waals surface area contributed by atoms with Crippen LogP contribution in [0, 0.1) is 0 Å². The summed E-state index contributed by atoms with van der Waals surface area (Å²) in [6.45, 7) is 0.682. The van der Waals surface area contributed by atoms with Gasteiger partial charge in [-0.3, -0.25) is 4.79 Å². The molecule has 1 heterocycles. The molecule has 0 unspecified atom stereocenters. The summed E-state index contributed by atoms with van der Waals surface area (Å²) >= 11 is 0. The molecule has 2 rings (SSSR count). The molecule has 0 radical (unpaired) electrons. The van der Waals surface area contributed by atoms with E-state index < -0.39 is 0 Å². The van der Waals surface area contributed by atoms with Gasteiger partial charge < -0.3 is 15.8 Å². The Morgan fingerprint density at radius 2 is 2.07 bits per heavy atom. The zero-order valence-electron chi connectivity index (χ0n) is 7.69. The molecule has 1 saturated heterocycles. The molecule has 1 atom stereocenters. The number of rotatable bonds is 1. The summed E-state index contributed by atoms with van der Waals surface area (Å²) in [6, 6.07) is 7.38. The Hall–Kier alpha value is -1.55. The van der Waals surface area contributed by atoms with Gasteiger partial charge in [0, 0.05) is 5.69 Å². The van der Waals surface area contributed by atoms with Crippen LogP contribution in [0.3, 0.4) is 0 Å². The van der Waals surface area contributed by atoms with Crippen molar-refractivity contribution in [2.24, 2.45) is 0 Å². The summed E-state index contributed by atoms with van der Waals surface area (Å²) in [4.78, 5) is 11.1. The molecule has 4 heteroatoms. The quantitative estimate of drug-likeness (QED) is 0.635. The van der Waals surface area contributed by atoms with Gasteiger partial charge in [0.2, 0.25) is 5.91 Å². The van der Waals surface area contributed by atoms with Crippen molar-refractivity contribution in [1.82, 2.24) is 5.32 Å². The Labute approximate surface area is 82.1 Å². The van der Waals surface area contributed by atoms with Crippen molar-refractivity contribution in [2.45, 2.75) is 6.04 Å². The third-order valence-corrected chi connectivity index (χ3v) is 2.19. The molecule has 4 nitrogen and oxygen atoms in total. The van der Waals surface area contributed by atoms with Gasteiger partial charge >= 0.3 is 0 Å². The van der Waals surface area contributed by atoms with Crippen LogP contribution in [0.25, 0.3) is 0 Å². The number of ether oxygens (including phenoxy) is 1. The van der Waals surface area contributed by atoms with Crippen LogP contribution in [0.4, 0.5) is 5.69 Å². The Morgan fingerprint density at radius 3 is 2.71 bits per heavy atom. The number of nitrogen functional groups attached to an aromatic ring is 1. The van der Waals surface area contributed by atoms with Crippen LogP contribution in [0.5, 0.6) is 0 Å². The van der Waals surface area contributed by atoms with Crippen molar-refractivity contribution in [3.8, 4) is 0 Å². The molecule has 0 aromatic heterocycles. The van der Waals surface area contributed by atoms with Crippen molar-refractivity contribution in [3.63, 3.8) is 0 Å². The molecule has 14 heavy (non-hydrogen) atoms. The van der Waals surface area contributed by atoms with Crippen molar-refractivity contribution >= 4 is 11.6 Å². The largest absolute Gasteiger partial charge is 0.399 e. The molecule has 0 aliphatic carbocycles. The van der Waals surface area contributed by atoms with E-state index in [1.807, 2.05) is 24.3 Å². The van der Waals surface area contributed by atoms with Crippen LogP contribution in [-0.4, -0.2) is 19.1 Å². The van der Waals surface area contributed by atoms with Gasteiger partial charge in [-0.1, -0.05) is 12.1 Å². The van der Waals surface area contributed by atoms with Crippen molar-refractivity contribution < 1.29 is 9.53 Å². The average molecular weight is 192 g/mol. The maximum Gasteiger partial charge on any atom is 0.246 e. The molecule has 3 N–H and O–H groups in total. The zero-order valence-corrected chi connectivity index (χ0v) is 7.69. The average Bonchev–Trinajstić information content (AvgIpc) is 2.19. The van der Waals surface area contributed by atoms with Crippen molar-refractivity contribution in [1.29, 1.82) is 0 Å². The fraction of sp³-hybridized carbons (Fsp3) is 0.300. The van der Waals surface area contributed by atoms with E-state index in [2.05, 4.69) is 5.32 Å². The first-order chi connectivity index (χ1) is 6.75. The van der Waals surface area contributed by atoms with Gasteiger partial charge in [0.1, 0.15) is 6.61 Å². The predicted octanol–water partition coefficient (Wildman–Crippen LogP) is 0.456. The number of morpholine rings is 1.